The third kappa shape index (κ3) is 1.36. The fourth-order valence-electron chi connectivity index (χ4n) is 1.54. The Morgan fingerprint density at radius 3 is 2.91 bits per heavy atom. The number of carbonyl (C=O) groups excluding carboxylic acids is 1. The molecule has 1 aliphatic carbocycles. The molecule has 0 bridgehead atoms. The van der Waals surface area contributed by atoms with E-state index in [1.807, 2.05) is 0 Å². The SMILES string of the molecule is C=CC1(O)CCCC(=O)C1C. The van der Waals surface area contributed by atoms with Gasteiger partial charge in [0.25, 0.3) is 0 Å². The molecule has 0 amide bonds. The van der Waals surface area contributed by atoms with Crippen LogP contribution in [-0.4, -0.2) is 16.5 Å². The molecule has 0 aliphatic heterocycles. The molecule has 2 unspecified atom stereocenters. The summed E-state index contributed by atoms with van der Waals surface area (Å²) in [7, 11) is 0. The van der Waals surface area contributed by atoms with Crippen LogP contribution in [-0.2, 0) is 4.79 Å². The number of carbonyl (C=O) groups is 1. The molecule has 0 spiro atoms. The van der Waals surface area contributed by atoms with Gasteiger partial charge >= 0.3 is 0 Å². The van der Waals surface area contributed by atoms with Gasteiger partial charge in [0.1, 0.15) is 5.78 Å². The molecule has 1 fully saturated rings. The van der Waals surface area contributed by atoms with Gasteiger partial charge in [0.2, 0.25) is 0 Å². The van der Waals surface area contributed by atoms with Gasteiger partial charge in [0, 0.05) is 12.3 Å². The summed E-state index contributed by atoms with van der Waals surface area (Å²) in [5.74, 6) is -0.118. The van der Waals surface area contributed by atoms with E-state index in [4.69, 9.17) is 0 Å². The number of Topliss-reactive ketones (excluding diaryl/α,β-unsaturated/α-hetero) is 1. The Morgan fingerprint density at radius 2 is 2.45 bits per heavy atom. The van der Waals surface area contributed by atoms with Crippen molar-refractivity contribution in [3.8, 4) is 0 Å². The Kier molecular flexibility index (Phi) is 2.14. The topological polar surface area (TPSA) is 37.3 Å². The fraction of sp³-hybridized carbons (Fsp3) is 0.667. The number of aliphatic hydroxyl groups is 1. The van der Waals surface area contributed by atoms with Crippen LogP contribution >= 0.6 is 0 Å². The zero-order valence-electron chi connectivity index (χ0n) is 6.84. The second-order valence-electron chi connectivity index (χ2n) is 3.24. The van der Waals surface area contributed by atoms with Crippen molar-refractivity contribution in [1.29, 1.82) is 0 Å². The second-order valence-corrected chi connectivity index (χ2v) is 3.24. The average molecular weight is 154 g/mol. The van der Waals surface area contributed by atoms with Crippen LogP contribution in [0, 0.1) is 5.92 Å². The molecule has 0 aromatic carbocycles. The zero-order chi connectivity index (χ0) is 8.48. The molecule has 2 heteroatoms. The molecule has 1 saturated carbocycles. The lowest BCUT2D eigenvalue weighted by molar-refractivity contribution is -0.132. The summed E-state index contributed by atoms with van der Waals surface area (Å²) in [4.78, 5) is 11.2. The van der Waals surface area contributed by atoms with E-state index in [-0.39, 0.29) is 11.7 Å². The normalized spacial score (nSPS) is 38.7. The van der Waals surface area contributed by atoms with Crippen LogP contribution in [0.2, 0.25) is 0 Å². The van der Waals surface area contributed by atoms with Gasteiger partial charge in [-0.05, 0) is 12.8 Å². The van der Waals surface area contributed by atoms with Crippen LogP contribution in [0.1, 0.15) is 26.2 Å². The lowest BCUT2D eigenvalue weighted by Gasteiger charge is -2.34. The van der Waals surface area contributed by atoms with Crippen LogP contribution in [0.5, 0.6) is 0 Å². The monoisotopic (exact) mass is 154 g/mol. The van der Waals surface area contributed by atoms with Crippen molar-refractivity contribution in [2.75, 3.05) is 0 Å². The van der Waals surface area contributed by atoms with E-state index in [1.165, 1.54) is 6.08 Å². The molecule has 0 heterocycles. The van der Waals surface area contributed by atoms with Crippen LogP contribution < -0.4 is 0 Å². The molecular weight excluding hydrogens is 140 g/mol. The van der Waals surface area contributed by atoms with Crippen molar-refractivity contribution in [1.82, 2.24) is 0 Å². The van der Waals surface area contributed by atoms with E-state index in [0.29, 0.717) is 12.8 Å². The van der Waals surface area contributed by atoms with Crippen molar-refractivity contribution in [2.45, 2.75) is 31.8 Å². The van der Waals surface area contributed by atoms with Crippen LogP contribution in [0.4, 0.5) is 0 Å². The predicted molar refractivity (Wildman–Crippen MR) is 43.2 cm³/mol. The van der Waals surface area contributed by atoms with Gasteiger partial charge in [-0.15, -0.1) is 6.58 Å². The van der Waals surface area contributed by atoms with Crippen molar-refractivity contribution in [3.63, 3.8) is 0 Å². The molecule has 0 aromatic rings. The molecule has 1 aliphatic rings. The van der Waals surface area contributed by atoms with E-state index in [0.717, 1.165) is 6.42 Å². The van der Waals surface area contributed by atoms with Crippen molar-refractivity contribution < 1.29 is 9.90 Å². The fourth-order valence-corrected chi connectivity index (χ4v) is 1.54. The van der Waals surface area contributed by atoms with Crippen molar-refractivity contribution in [3.05, 3.63) is 12.7 Å². The summed E-state index contributed by atoms with van der Waals surface area (Å²) in [6.45, 7) is 5.31. The molecule has 0 radical (unpaired) electrons. The smallest absolute Gasteiger partial charge is 0.138 e. The first-order valence-corrected chi connectivity index (χ1v) is 3.99. The molecule has 0 saturated heterocycles. The summed E-state index contributed by atoms with van der Waals surface area (Å²) in [5.41, 5.74) is -0.935. The third-order valence-electron chi connectivity index (χ3n) is 2.59. The summed E-state index contributed by atoms with van der Waals surface area (Å²) in [6.07, 6.45) is 3.56. The highest BCUT2D eigenvalue weighted by atomic mass is 16.3. The Balaban J connectivity index is 2.80. The van der Waals surface area contributed by atoms with Crippen LogP contribution in [0.3, 0.4) is 0 Å². The van der Waals surface area contributed by atoms with E-state index in [2.05, 4.69) is 6.58 Å². The first-order valence-electron chi connectivity index (χ1n) is 3.99. The van der Waals surface area contributed by atoms with Gasteiger partial charge in [-0.3, -0.25) is 4.79 Å². The Hall–Kier alpha value is -0.630. The molecule has 1 rings (SSSR count). The van der Waals surface area contributed by atoms with Crippen LogP contribution in [0.25, 0.3) is 0 Å². The second kappa shape index (κ2) is 2.78. The van der Waals surface area contributed by atoms with Gasteiger partial charge in [0.05, 0.1) is 5.60 Å². The first kappa shape index (κ1) is 8.47. The molecule has 1 N–H and O–H groups in total. The molecule has 2 nitrogen and oxygen atoms in total. The highest BCUT2D eigenvalue weighted by Gasteiger charge is 2.38. The minimum atomic E-state index is -0.935. The zero-order valence-corrected chi connectivity index (χ0v) is 6.84. The maximum Gasteiger partial charge on any atom is 0.138 e. The van der Waals surface area contributed by atoms with Gasteiger partial charge in [-0.1, -0.05) is 13.0 Å². The van der Waals surface area contributed by atoms with Gasteiger partial charge < -0.3 is 5.11 Å². The van der Waals surface area contributed by atoms with E-state index >= 15 is 0 Å². The number of rotatable bonds is 1. The maximum atomic E-state index is 11.2. The highest BCUT2D eigenvalue weighted by Crippen LogP contribution is 2.31. The van der Waals surface area contributed by atoms with E-state index in [1.54, 1.807) is 6.92 Å². The molecule has 62 valence electrons. The lowest BCUT2D eigenvalue weighted by Crippen LogP contribution is -2.42. The molecular formula is C9H14O2. The number of hydrogen-bond donors (Lipinski definition) is 1. The number of ketones is 1. The van der Waals surface area contributed by atoms with E-state index in [9.17, 15) is 9.90 Å². The number of hydrogen-bond acceptors (Lipinski definition) is 2. The first-order chi connectivity index (χ1) is 5.10. The largest absolute Gasteiger partial charge is 0.385 e. The standard InChI is InChI=1S/C9H14O2/c1-3-9(11)6-4-5-8(10)7(9)2/h3,7,11H,1,4-6H2,2H3. The van der Waals surface area contributed by atoms with Crippen LogP contribution in [0.15, 0.2) is 12.7 Å². The molecule has 2 atom stereocenters. The minimum absolute atomic E-state index is 0.152. The predicted octanol–water partition coefficient (Wildman–Crippen LogP) is 1.29. The average Bonchev–Trinajstić information content (AvgIpc) is 2.00. The summed E-state index contributed by atoms with van der Waals surface area (Å²) >= 11 is 0. The highest BCUT2D eigenvalue weighted by molar-refractivity contribution is 5.83. The van der Waals surface area contributed by atoms with Crippen molar-refractivity contribution >= 4 is 5.78 Å². The third-order valence-corrected chi connectivity index (χ3v) is 2.59. The Bertz CT molecular complexity index is 186. The summed E-state index contributed by atoms with van der Waals surface area (Å²) in [5, 5.41) is 9.78. The molecule has 0 aromatic heterocycles. The van der Waals surface area contributed by atoms with Gasteiger partial charge in [0.15, 0.2) is 0 Å². The Morgan fingerprint density at radius 1 is 1.82 bits per heavy atom. The van der Waals surface area contributed by atoms with Gasteiger partial charge in [-0.2, -0.15) is 0 Å². The quantitative estimate of drug-likeness (QED) is 0.578. The summed E-state index contributed by atoms with van der Waals surface area (Å²) < 4.78 is 0. The van der Waals surface area contributed by atoms with Gasteiger partial charge in [-0.25, -0.2) is 0 Å². The minimum Gasteiger partial charge on any atom is -0.385 e. The van der Waals surface area contributed by atoms with Crippen molar-refractivity contribution in [2.24, 2.45) is 5.92 Å². The maximum absolute atomic E-state index is 11.2. The lowest BCUT2D eigenvalue weighted by atomic mass is 9.76. The van der Waals surface area contributed by atoms with E-state index < -0.39 is 5.60 Å². The summed E-state index contributed by atoms with van der Waals surface area (Å²) in [6, 6.07) is 0. The molecule has 11 heavy (non-hydrogen) atoms. The Labute approximate surface area is 66.9 Å².